The van der Waals surface area contributed by atoms with Gasteiger partial charge in [0.1, 0.15) is 5.82 Å². The van der Waals surface area contributed by atoms with Gasteiger partial charge in [-0.1, -0.05) is 62.8 Å². The highest BCUT2D eigenvalue weighted by Gasteiger charge is 2.34. The fraction of sp³-hybridized carbons (Fsp3) is 0.533. The molecule has 5 rings (SSSR count). The van der Waals surface area contributed by atoms with Gasteiger partial charge in [-0.2, -0.15) is 4.31 Å². The first-order chi connectivity index (χ1) is 18.6. The van der Waals surface area contributed by atoms with Gasteiger partial charge in [0.2, 0.25) is 15.9 Å². The van der Waals surface area contributed by atoms with Gasteiger partial charge in [-0.25, -0.2) is 13.4 Å². The maximum Gasteiger partial charge on any atom is 0.243 e. The number of rotatable bonds is 8. The van der Waals surface area contributed by atoms with Gasteiger partial charge >= 0.3 is 0 Å². The lowest BCUT2D eigenvalue weighted by Crippen LogP contribution is -2.39. The lowest BCUT2D eigenvalue weighted by atomic mass is 9.75. The van der Waals surface area contributed by atoms with E-state index in [9.17, 15) is 13.2 Å². The second-order valence-electron chi connectivity index (χ2n) is 11.6. The van der Waals surface area contributed by atoms with Crippen LogP contribution in [0.1, 0.15) is 81.7 Å². The molecule has 1 amide bonds. The first-order valence-electron chi connectivity index (χ1n) is 14.1. The molecule has 0 bridgehead atoms. The number of hydrogen-bond donors (Lipinski definition) is 1. The summed E-state index contributed by atoms with van der Waals surface area (Å²) < 4.78 is 30.1. The van der Waals surface area contributed by atoms with Crippen molar-refractivity contribution < 1.29 is 13.2 Å². The minimum absolute atomic E-state index is 0.0646. The van der Waals surface area contributed by atoms with E-state index in [-0.39, 0.29) is 22.3 Å². The molecule has 2 aliphatic carbocycles. The number of hydrogen-bond acceptors (Lipinski definition) is 4. The number of aryl methyl sites for hydroxylation is 1. The van der Waals surface area contributed by atoms with E-state index in [0.29, 0.717) is 23.5 Å². The zero-order valence-electron chi connectivity index (χ0n) is 23.2. The molecule has 2 aliphatic rings. The number of carbonyl (C=O) groups excluding carboxylic acids is 1. The van der Waals surface area contributed by atoms with Crippen LogP contribution in [0.3, 0.4) is 0 Å². The van der Waals surface area contributed by atoms with E-state index >= 15 is 0 Å². The molecule has 1 N–H and O–H groups in total. The van der Waals surface area contributed by atoms with Gasteiger partial charge in [0.15, 0.2) is 0 Å². The van der Waals surface area contributed by atoms with Crippen molar-refractivity contribution in [3.8, 4) is 0 Å². The largest absolute Gasteiger partial charge is 0.352 e. The second-order valence-corrected chi connectivity index (χ2v) is 14.0. The summed E-state index contributed by atoms with van der Waals surface area (Å²) in [4.78, 5) is 18.0. The zero-order valence-corrected chi connectivity index (χ0v) is 24.7. The summed E-state index contributed by atoms with van der Waals surface area (Å²) in [6.07, 6.45) is 9.77. The molecule has 1 aromatic heterocycles. The Labute approximate surface area is 237 Å². The molecule has 0 unspecified atom stereocenters. The Kier molecular flexibility index (Phi) is 8.09. The Morgan fingerprint density at radius 3 is 2.54 bits per heavy atom. The Bertz CT molecular complexity index is 1470. The second kappa shape index (κ2) is 11.2. The summed E-state index contributed by atoms with van der Waals surface area (Å²) in [5.41, 5.74) is 3.14. The quantitative estimate of drug-likeness (QED) is 0.362. The predicted molar refractivity (Wildman–Crippen MR) is 155 cm³/mol. The standard InChI is InChI=1S/C30H39ClN4O3S/c1-30(15-7-4-8-16-30)29(36)32-20-21-11-13-25(31)22(17-21)18-28-33-26-19-24(12-14-27(26)34(28)2)39(37,38)35(3)23-9-5-6-10-23/h11-14,17,19,23H,4-10,15-16,18,20H2,1-3H3,(H,32,36). The summed E-state index contributed by atoms with van der Waals surface area (Å²) in [5.74, 6) is 0.917. The minimum atomic E-state index is -3.59. The summed E-state index contributed by atoms with van der Waals surface area (Å²) in [7, 11) is 0.0373. The van der Waals surface area contributed by atoms with Crippen molar-refractivity contribution in [1.29, 1.82) is 0 Å². The van der Waals surface area contributed by atoms with Gasteiger partial charge in [-0.3, -0.25) is 4.79 Å². The van der Waals surface area contributed by atoms with Crippen molar-refractivity contribution in [1.82, 2.24) is 19.2 Å². The molecule has 2 fully saturated rings. The molecule has 0 atom stereocenters. The van der Waals surface area contributed by atoms with E-state index < -0.39 is 10.0 Å². The number of aromatic nitrogens is 2. The molecule has 2 aromatic carbocycles. The van der Waals surface area contributed by atoms with Crippen LogP contribution in [0.15, 0.2) is 41.3 Å². The fourth-order valence-electron chi connectivity index (χ4n) is 6.18. The molecule has 39 heavy (non-hydrogen) atoms. The molecule has 9 heteroatoms. The summed E-state index contributed by atoms with van der Waals surface area (Å²) in [6.45, 7) is 2.53. The molecular weight excluding hydrogens is 532 g/mol. The molecule has 210 valence electrons. The lowest BCUT2D eigenvalue weighted by Gasteiger charge is -2.32. The number of carbonyl (C=O) groups is 1. The number of nitrogens with zero attached hydrogens (tertiary/aromatic N) is 3. The third-order valence-electron chi connectivity index (χ3n) is 8.88. The first-order valence-corrected chi connectivity index (χ1v) is 15.9. The molecule has 0 radical (unpaired) electrons. The van der Waals surface area contributed by atoms with Crippen LogP contribution in [-0.4, -0.2) is 41.3 Å². The highest BCUT2D eigenvalue weighted by molar-refractivity contribution is 7.89. The number of halogens is 1. The van der Waals surface area contributed by atoms with Crippen molar-refractivity contribution in [3.05, 3.63) is 58.4 Å². The predicted octanol–water partition coefficient (Wildman–Crippen LogP) is 5.97. The maximum absolute atomic E-state index is 13.3. The number of fused-ring (bicyclic) bond motifs is 1. The van der Waals surface area contributed by atoms with Gasteiger partial charge < -0.3 is 9.88 Å². The van der Waals surface area contributed by atoms with Crippen LogP contribution < -0.4 is 5.32 Å². The monoisotopic (exact) mass is 570 g/mol. The molecule has 2 saturated carbocycles. The van der Waals surface area contributed by atoms with E-state index in [1.54, 1.807) is 19.2 Å². The first kappa shape index (κ1) is 28.1. The number of sulfonamides is 1. The Morgan fingerprint density at radius 1 is 1.10 bits per heavy atom. The van der Waals surface area contributed by atoms with E-state index in [0.717, 1.165) is 73.8 Å². The van der Waals surface area contributed by atoms with Crippen LogP contribution in [0.5, 0.6) is 0 Å². The van der Waals surface area contributed by atoms with Gasteiger partial charge in [0, 0.05) is 43.5 Å². The Morgan fingerprint density at radius 2 is 1.82 bits per heavy atom. The SMILES string of the molecule is CN(C1CCCC1)S(=O)(=O)c1ccc2c(c1)nc(Cc1cc(CNC(=O)C3(C)CCCCC3)ccc1Cl)n2C. The van der Waals surface area contributed by atoms with Crippen molar-refractivity contribution in [3.63, 3.8) is 0 Å². The fourth-order valence-corrected chi connectivity index (χ4v) is 7.80. The molecule has 0 spiro atoms. The van der Waals surface area contributed by atoms with Gasteiger partial charge in [0.05, 0.1) is 15.9 Å². The van der Waals surface area contributed by atoms with Crippen LogP contribution in [0.4, 0.5) is 0 Å². The molecule has 0 aliphatic heterocycles. The van der Waals surface area contributed by atoms with Crippen LogP contribution in [-0.2, 0) is 34.8 Å². The van der Waals surface area contributed by atoms with Crippen LogP contribution >= 0.6 is 11.6 Å². The third-order valence-corrected chi connectivity index (χ3v) is 11.2. The summed E-state index contributed by atoms with van der Waals surface area (Å²) in [5, 5.41) is 3.78. The lowest BCUT2D eigenvalue weighted by molar-refractivity contribution is -0.132. The van der Waals surface area contributed by atoms with E-state index in [1.807, 2.05) is 35.9 Å². The van der Waals surface area contributed by atoms with Gasteiger partial charge in [0.25, 0.3) is 0 Å². The average Bonchev–Trinajstić information content (AvgIpc) is 3.57. The van der Waals surface area contributed by atoms with Crippen molar-refractivity contribution in [2.24, 2.45) is 12.5 Å². The van der Waals surface area contributed by atoms with Crippen LogP contribution in [0, 0.1) is 5.41 Å². The van der Waals surface area contributed by atoms with Crippen LogP contribution in [0.2, 0.25) is 5.02 Å². The Balaban J connectivity index is 1.33. The van der Waals surface area contributed by atoms with E-state index in [1.165, 1.54) is 10.7 Å². The molecular formula is C30H39ClN4O3S. The van der Waals surface area contributed by atoms with Crippen molar-refractivity contribution in [2.45, 2.75) is 88.6 Å². The maximum atomic E-state index is 13.3. The molecule has 3 aromatic rings. The number of benzene rings is 2. The zero-order chi connectivity index (χ0) is 27.8. The highest BCUT2D eigenvalue weighted by Crippen LogP contribution is 2.36. The summed E-state index contributed by atoms with van der Waals surface area (Å²) in [6, 6.07) is 11.1. The van der Waals surface area contributed by atoms with E-state index in [2.05, 4.69) is 12.2 Å². The summed E-state index contributed by atoms with van der Waals surface area (Å²) >= 11 is 6.58. The topological polar surface area (TPSA) is 84.3 Å². The minimum Gasteiger partial charge on any atom is -0.352 e. The van der Waals surface area contributed by atoms with Crippen molar-refractivity contribution >= 4 is 38.6 Å². The Hall–Kier alpha value is -2.42. The molecule has 1 heterocycles. The van der Waals surface area contributed by atoms with Gasteiger partial charge in [-0.05, 0) is 61.1 Å². The van der Waals surface area contributed by atoms with Crippen LogP contribution in [0.25, 0.3) is 11.0 Å². The highest BCUT2D eigenvalue weighted by atomic mass is 35.5. The normalized spacial score (nSPS) is 18.2. The number of nitrogens with one attached hydrogen (secondary N) is 1. The average molecular weight is 571 g/mol. The molecule has 7 nitrogen and oxygen atoms in total. The number of amides is 1. The van der Waals surface area contributed by atoms with E-state index in [4.69, 9.17) is 16.6 Å². The number of imidazole rings is 1. The van der Waals surface area contributed by atoms with Crippen molar-refractivity contribution in [2.75, 3.05) is 7.05 Å². The molecule has 0 saturated heterocycles. The third kappa shape index (κ3) is 5.74. The van der Waals surface area contributed by atoms with Gasteiger partial charge in [-0.15, -0.1) is 0 Å². The smallest absolute Gasteiger partial charge is 0.243 e.